The molecule has 0 unspecified atom stereocenters. The van der Waals surface area contributed by atoms with Gasteiger partial charge in [0, 0.05) is 22.7 Å². The fraction of sp³-hybridized carbons (Fsp3) is 0.182. The number of fused-ring (bicyclic) bond motifs is 1. The topological polar surface area (TPSA) is 22.0 Å². The Bertz CT molecular complexity index is 461. The van der Waals surface area contributed by atoms with Crippen LogP contribution in [-0.2, 0) is 6.54 Å². The van der Waals surface area contributed by atoms with Gasteiger partial charge in [0.25, 0.3) is 0 Å². The van der Waals surface area contributed by atoms with E-state index in [0.29, 0.717) is 12.1 Å². The summed E-state index contributed by atoms with van der Waals surface area (Å²) in [5.74, 6) is 0. The number of benzene rings is 1. The number of carbonyl (C=O) groups excluding carboxylic acids is 1. The third kappa shape index (κ3) is 1.31. The van der Waals surface area contributed by atoms with Crippen LogP contribution in [0.2, 0.25) is 0 Å². The molecule has 2 rings (SSSR count). The highest BCUT2D eigenvalue weighted by molar-refractivity contribution is 5.97. The number of hydrogen-bond donors (Lipinski definition) is 0. The van der Waals surface area contributed by atoms with Crippen molar-refractivity contribution in [1.82, 2.24) is 4.57 Å². The molecule has 0 spiro atoms. The van der Waals surface area contributed by atoms with E-state index in [1.807, 2.05) is 24.3 Å². The van der Waals surface area contributed by atoms with Gasteiger partial charge in [0.15, 0.2) is 6.29 Å². The lowest BCUT2D eigenvalue weighted by Gasteiger charge is -1.99. The predicted octanol–water partition coefficient (Wildman–Crippen LogP) is 2.42. The highest BCUT2D eigenvalue weighted by Gasteiger charge is 2.05. The van der Waals surface area contributed by atoms with Gasteiger partial charge >= 0.3 is 0 Å². The Labute approximate surface area is 81.0 Å². The fourth-order valence-electron chi connectivity index (χ4n) is 1.65. The lowest BCUT2D eigenvalue weighted by Crippen LogP contribution is -1.96. The molecule has 0 saturated carbocycles. The van der Waals surface area contributed by atoms with Crippen LogP contribution in [0.4, 0.5) is 4.39 Å². The lowest BCUT2D eigenvalue weighted by atomic mass is 10.2. The van der Waals surface area contributed by atoms with Gasteiger partial charge in [-0.05, 0) is 6.07 Å². The molecule has 0 aliphatic carbocycles. The minimum atomic E-state index is -0.420. The fourth-order valence-corrected chi connectivity index (χ4v) is 1.65. The molecule has 0 bridgehead atoms. The van der Waals surface area contributed by atoms with Crippen molar-refractivity contribution in [3.05, 3.63) is 36.0 Å². The van der Waals surface area contributed by atoms with Gasteiger partial charge in [-0.25, -0.2) is 4.39 Å². The van der Waals surface area contributed by atoms with E-state index in [1.54, 1.807) is 10.8 Å². The lowest BCUT2D eigenvalue weighted by molar-refractivity contribution is 0.112. The molecular formula is C11H10FNO. The number of carbonyl (C=O) groups is 1. The van der Waals surface area contributed by atoms with Crippen LogP contribution in [0.3, 0.4) is 0 Å². The molecule has 3 heteroatoms. The first-order valence-corrected chi connectivity index (χ1v) is 4.46. The van der Waals surface area contributed by atoms with Crippen molar-refractivity contribution in [3.8, 4) is 0 Å². The van der Waals surface area contributed by atoms with E-state index in [1.165, 1.54) is 0 Å². The van der Waals surface area contributed by atoms with E-state index < -0.39 is 6.67 Å². The summed E-state index contributed by atoms with van der Waals surface area (Å²) in [6.07, 6.45) is 2.49. The van der Waals surface area contributed by atoms with E-state index in [2.05, 4.69) is 0 Å². The number of aromatic nitrogens is 1. The largest absolute Gasteiger partial charge is 0.344 e. The maximum absolute atomic E-state index is 12.2. The molecule has 1 aromatic heterocycles. The van der Waals surface area contributed by atoms with Gasteiger partial charge in [0.05, 0.1) is 6.54 Å². The third-order valence-corrected chi connectivity index (χ3v) is 2.27. The van der Waals surface area contributed by atoms with Crippen molar-refractivity contribution in [1.29, 1.82) is 0 Å². The third-order valence-electron chi connectivity index (χ3n) is 2.27. The van der Waals surface area contributed by atoms with Gasteiger partial charge in [-0.15, -0.1) is 0 Å². The Morgan fingerprint density at radius 2 is 2.14 bits per heavy atom. The zero-order chi connectivity index (χ0) is 9.97. The molecule has 0 fully saturated rings. The van der Waals surface area contributed by atoms with E-state index >= 15 is 0 Å². The maximum Gasteiger partial charge on any atom is 0.152 e. The molecule has 0 saturated heterocycles. The van der Waals surface area contributed by atoms with Crippen LogP contribution >= 0.6 is 0 Å². The summed E-state index contributed by atoms with van der Waals surface area (Å²) in [5, 5.41) is 0.885. The van der Waals surface area contributed by atoms with Crippen molar-refractivity contribution in [2.24, 2.45) is 0 Å². The number of halogens is 1. The Hall–Kier alpha value is -1.64. The first kappa shape index (κ1) is 8.94. The van der Waals surface area contributed by atoms with E-state index in [-0.39, 0.29) is 0 Å². The number of hydrogen-bond acceptors (Lipinski definition) is 1. The number of aryl methyl sites for hydroxylation is 1. The summed E-state index contributed by atoms with van der Waals surface area (Å²) in [7, 11) is 0. The zero-order valence-corrected chi connectivity index (χ0v) is 7.61. The molecule has 0 atom stereocenters. The number of nitrogens with zero attached hydrogens (tertiary/aromatic N) is 1. The van der Waals surface area contributed by atoms with Gasteiger partial charge in [0.1, 0.15) is 6.67 Å². The highest BCUT2D eigenvalue weighted by Crippen LogP contribution is 2.19. The Morgan fingerprint density at radius 3 is 2.86 bits per heavy atom. The van der Waals surface area contributed by atoms with Crippen molar-refractivity contribution < 1.29 is 9.18 Å². The van der Waals surface area contributed by atoms with Gasteiger partial charge in [0.2, 0.25) is 0 Å². The van der Waals surface area contributed by atoms with Crippen molar-refractivity contribution in [3.63, 3.8) is 0 Å². The molecule has 1 aromatic carbocycles. The Balaban J connectivity index is 2.66. The first-order chi connectivity index (χ1) is 6.86. The van der Waals surface area contributed by atoms with Crippen LogP contribution < -0.4 is 0 Å². The molecule has 2 aromatic rings. The zero-order valence-electron chi connectivity index (χ0n) is 7.61. The monoisotopic (exact) mass is 191 g/mol. The molecule has 0 aliphatic rings. The Kier molecular flexibility index (Phi) is 2.31. The van der Waals surface area contributed by atoms with Crippen molar-refractivity contribution >= 4 is 17.2 Å². The predicted molar refractivity (Wildman–Crippen MR) is 53.3 cm³/mol. The van der Waals surface area contributed by atoms with E-state index in [0.717, 1.165) is 17.2 Å². The molecule has 0 amide bonds. The van der Waals surface area contributed by atoms with Crippen LogP contribution in [0.1, 0.15) is 10.4 Å². The van der Waals surface area contributed by atoms with Gasteiger partial charge in [-0.3, -0.25) is 4.79 Å². The molecule has 0 N–H and O–H groups in total. The second kappa shape index (κ2) is 3.62. The average Bonchev–Trinajstić information content (AvgIpc) is 2.58. The van der Waals surface area contributed by atoms with E-state index in [9.17, 15) is 9.18 Å². The molecule has 2 nitrogen and oxygen atoms in total. The van der Waals surface area contributed by atoms with Gasteiger partial charge < -0.3 is 4.57 Å². The molecular weight excluding hydrogens is 181 g/mol. The van der Waals surface area contributed by atoms with Crippen LogP contribution in [0.5, 0.6) is 0 Å². The molecule has 0 radical (unpaired) electrons. The van der Waals surface area contributed by atoms with Crippen LogP contribution in [-0.4, -0.2) is 17.5 Å². The SMILES string of the molecule is O=Cc1cn(CCF)c2ccccc12. The van der Waals surface area contributed by atoms with Gasteiger partial charge in [-0.2, -0.15) is 0 Å². The summed E-state index contributed by atoms with van der Waals surface area (Å²) < 4.78 is 14.0. The molecule has 0 aliphatic heterocycles. The maximum atomic E-state index is 12.2. The average molecular weight is 191 g/mol. The number of para-hydroxylation sites is 1. The number of rotatable bonds is 3. The smallest absolute Gasteiger partial charge is 0.152 e. The van der Waals surface area contributed by atoms with E-state index in [4.69, 9.17) is 0 Å². The second-order valence-electron chi connectivity index (χ2n) is 3.10. The summed E-state index contributed by atoms with van der Waals surface area (Å²) in [5.41, 5.74) is 1.53. The number of aldehydes is 1. The molecule has 14 heavy (non-hydrogen) atoms. The summed E-state index contributed by atoms with van der Waals surface area (Å²) in [4.78, 5) is 10.7. The second-order valence-corrected chi connectivity index (χ2v) is 3.10. The first-order valence-electron chi connectivity index (χ1n) is 4.46. The normalized spacial score (nSPS) is 10.6. The molecule has 1 heterocycles. The Morgan fingerprint density at radius 1 is 1.36 bits per heavy atom. The van der Waals surface area contributed by atoms with Crippen LogP contribution in [0, 0.1) is 0 Å². The summed E-state index contributed by atoms with van der Waals surface area (Å²) in [6.45, 7) is -0.120. The van der Waals surface area contributed by atoms with Crippen LogP contribution in [0.25, 0.3) is 10.9 Å². The van der Waals surface area contributed by atoms with Crippen molar-refractivity contribution in [2.45, 2.75) is 6.54 Å². The van der Waals surface area contributed by atoms with Crippen LogP contribution in [0.15, 0.2) is 30.5 Å². The quantitative estimate of drug-likeness (QED) is 0.683. The minimum Gasteiger partial charge on any atom is -0.344 e. The standard InChI is InChI=1S/C11H10FNO/c12-5-6-13-7-9(8-14)10-3-1-2-4-11(10)13/h1-4,7-8H,5-6H2. The minimum absolute atomic E-state index is 0.300. The van der Waals surface area contributed by atoms with Gasteiger partial charge in [-0.1, -0.05) is 18.2 Å². The molecule has 72 valence electrons. The van der Waals surface area contributed by atoms with Crippen molar-refractivity contribution in [2.75, 3.05) is 6.67 Å². The number of alkyl halides is 1. The highest BCUT2D eigenvalue weighted by atomic mass is 19.1. The summed E-state index contributed by atoms with van der Waals surface area (Å²) in [6, 6.07) is 7.51. The summed E-state index contributed by atoms with van der Waals surface area (Å²) >= 11 is 0.